The van der Waals surface area contributed by atoms with Crippen LogP contribution < -0.4 is 5.32 Å². The average Bonchev–Trinajstić information content (AvgIpc) is 3.11. The van der Waals surface area contributed by atoms with Crippen molar-refractivity contribution >= 4 is 5.91 Å². The number of carbonyl (C=O) groups is 1. The van der Waals surface area contributed by atoms with Gasteiger partial charge in [-0.15, -0.1) is 0 Å². The number of aromatic amines is 1. The molecule has 0 unspecified atom stereocenters. The number of benzene rings is 2. The number of aliphatic hydroxyl groups is 1. The predicted molar refractivity (Wildman–Crippen MR) is 87.7 cm³/mol. The quantitative estimate of drug-likeness (QED) is 0.675. The molecule has 0 radical (unpaired) electrons. The van der Waals surface area contributed by atoms with Gasteiger partial charge in [0.15, 0.2) is 0 Å². The molecule has 0 fully saturated rings. The van der Waals surface area contributed by atoms with Crippen molar-refractivity contribution in [2.45, 2.75) is 6.10 Å². The van der Waals surface area contributed by atoms with Crippen LogP contribution in [-0.2, 0) is 0 Å². The van der Waals surface area contributed by atoms with Gasteiger partial charge in [-0.2, -0.15) is 5.10 Å². The van der Waals surface area contributed by atoms with E-state index in [-0.39, 0.29) is 24.0 Å². The lowest BCUT2D eigenvalue weighted by Crippen LogP contribution is -2.28. The number of aliphatic hydroxyl groups excluding tert-OH is 1. The third-order valence-electron chi connectivity index (χ3n) is 3.60. The zero-order chi connectivity index (χ0) is 16.9. The van der Waals surface area contributed by atoms with Crippen LogP contribution >= 0.6 is 0 Å². The average molecular weight is 325 g/mol. The minimum atomic E-state index is -0.783. The Labute approximate surface area is 138 Å². The van der Waals surface area contributed by atoms with Gasteiger partial charge in [0, 0.05) is 12.1 Å². The number of halogens is 1. The molecule has 2 aromatic carbocycles. The number of aromatic nitrogens is 2. The Balaban J connectivity index is 1.63. The molecule has 1 atom stereocenters. The van der Waals surface area contributed by atoms with E-state index in [1.807, 2.05) is 18.2 Å². The second-order valence-corrected chi connectivity index (χ2v) is 5.31. The van der Waals surface area contributed by atoms with E-state index in [4.69, 9.17) is 0 Å². The fourth-order valence-electron chi connectivity index (χ4n) is 2.28. The van der Waals surface area contributed by atoms with Crippen LogP contribution in [0.1, 0.15) is 22.2 Å². The van der Waals surface area contributed by atoms with Gasteiger partial charge in [-0.3, -0.25) is 9.89 Å². The molecule has 0 aliphatic heterocycles. The number of hydrogen-bond acceptors (Lipinski definition) is 3. The van der Waals surface area contributed by atoms with Gasteiger partial charge < -0.3 is 10.4 Å². The van der Waals surface area contributed by atoms with Gasteiger partial charge in [0.05, 0.1) is 11.8 Å². The molecule has 0 spiro atoms. The number of carbonyl (C=O) groups excluding carboxylic acids is 1. The highest BCUT2D eigenvalue weighted by Gasteiger charge is 2.13. The topological polar surface area (TPSA) is 78.0 Å². The van der Waals surface area contributed by atoms with Crippen LogP contribution in [0.2, 0.25) is 0 Å². The molecule has 5 nitrogen and oxygen atoms in total. The second-order valence-electron chi connectivity index (χ2n) is 5.31. The van der Waals surface area contributed by atoms with Crippen molar-refractivity contribution in [1.82, 2.24) is 15.5 Å². The summed E-state index contributed by atoms with van der Waals surface area (Å²) >= 11 is 0. The number of nitrogens with one attached hydrogen (secondary N) is 2. The monoisotopic (exact) mass is 325 g/mol. The van der Waals surface area contributed by atoms with E-state index in [9.17, 15) is 14.3 Å². The molecule has 24 heavy (non-hydrogen) atoms. The van der Waals surface area contributed by atoms with Crippen LogP contribution in [-0.4, -0.2) is 27.8 Å². The third kappa shape index (κ3) is 3.67. The van der Waals surface area contributed by atoms with E-state index in [0.717, 1.165) is 5.56 Å². The van der Waals surface area contributed by atoms with Crippen molar-refractivity contribution in [3.8, 4) is 11.3 Å². The summed E-state index contributed by atoms with van der Waals surface area (Å²) in [6.45, 7) is 0.0910. The summed E-state index contributed by atoms with van der Waals surface area (Å²) in [4.78, 5) is 12.1. The molecule has 3 rings (SSSR count). The summed E-state index contributed by atoms with van der Waals surface area (Å²) in [5.74, 6) is -0.701. The fourth-order valence-corrected chi connectivity index (χ4v) is 2.28. The first-order valence-electron chi connectivity index (χ1n) is 7.46. The van der Waals surface area contributed by atoms with Crippen molar-refractivity contribution in [1.29, 1.82) is 0 Å². The zero-order valence-corrected chi connectivity index (χ0v) is 12.7. The van der Waals surface area contributed by atoms with Crippen molar-refractivity contribution in [3.63, 3.8) is 0 Å². The predicted octanol–water partition coefficient (Wildman–Crippen LogP) is 2.68. The molecular formula is C18H16FN3O2. The highest BCUT2D eigenvalue weighted by molar-refractivity contribution is 5.93. The molecule has 0 saturated carbocycles. The maximum atomic E-state index is 12.9. The molecule has 1 amide bonds. The zero-order valence-electron chi connectivity index (χ0n) is 12.7. The molecule has 6 heteroatoms. The van der Waals surface area contributed by atoms with E-state index >= 15 is 0 Å². The van der Waals surface area contributed by atoms with E-state index in [0.29, 0.717) is 11.3 Å². The summed E-state index contributed by atoms with van der Waals surface area (Å²) in [7, 11) is 0. The molecule has 1 heterocycles. The minimum Gasteiger partial charge on any atom is -0.387 e. The smallest absolute Gasteiger partial charge is 0.269 e. The first-order chi connectivity index (χ1) is 11.6. The first-order valence-corrected chi connectivity index (χ1v) is 7.46. The highest BCUT2D eigenvalue weighted by Crippen LogP contribution is 2.18. The summed E-state index contributed by atoms with van der Waals surface area (Å²) in [5, 5.41) is 19.4. The number of hydrogen-bond donors (Lipinski definition) is 3. The minimum absolute atomic E-state index is 0.0910. The summed E-state index contributed by atoms with van der Waals surface area (Å²) in [6.07, 6.45) is -0.783. The molecule has 3 aromatic rings. The highest BCUT2D eigenvalue weighted by atomic mass is 19.1. The molecule has 0 saturated heterocycles. The van der Waals surface area contributed by atoms with Gasteiger partial charge in [0.2, 0.25) is 0 Å². The molecule has 1 aromatic heterocycles. The summed E-state index contributed by atoms with van der Waals surface area (Å²) in [6, 6.07) is 16.5. The Bertz CT molecular complexity index is 816. The van der Waals surface area contributed by atoms with Crippen LogP contribution in [0.4, 0.5) is 4.39 Å². The Kier molecular flexibility index (Phi) is 4.67. The number of rotatable bonds is 5. The lowest BCUT2D eigenvalue weighted by Gasteiger charge is -2.11. The first kappa shape index (κ1) is 15.9. The van der Waals surface area contributed by atoms with Crippen LogP contribution in [0.15, 0.2) is 60.7 Å². The Morgan fingerprint density at radius 3 is 2.58 bits per heavy atom. The summed E-state index contributed by atoms with van der Waals surface area (Å²) in [5.41, 5.74) is 2.25. The third-order valence-corrected chi connectivity index (χ3v) is 3.60. The Morgan fingerprint density at radius 2 is 1.88 bits per heavy atom. The van der Waals surface area contributed by atoms with E-state index in [1.165, 1.54) is 12.1 Å². The van der Waals surface area contributed by atoms with Gasteiger partial charge in [-0.05, 0) is 35.9 Å². The Hall–Kier alpha value is -2.99. The molecule has 0 aliphatic rings. The van der Waals surface area contributed by atoms with Crippen molar-refractivity contribution in [2.24, 2.45) is 0 Å². The van der Waals surface area contributed by atoms with Crippen molar-refractivity contribution in [3.05, 3.63) is 77.7 Å². The van der Waals surface area contributed by atoms with Crippen LogP contribution in [0.25, 0.3) is 11.3 Å². The number of amides is 1. The van der Waals surface area contributed by atoms with Crippen molar-refractivity contribution in [2.75, 3.05) is 6.54 Å². The van der Waals surface area contributed by atoms with Gasteiger partial charge in [-0.1, -0.05) is 30.3 Å². The van der Waals surface area contributed by atoms with E-state index < -0.39 is 6.10 Å². The summed E-state index contributed by atoms with van der Waals surface area (Å²) < 4.78 is 12.9. The number of nitrogens with zero attached hydrogens (tertiary/aromatic N) is 1. The van der Waals surface area contributed by atoms with Gasteiger partial charge in [0.1, 0.15) is 11.5 Å². The Morgan fingerprint density at radius 1 is 1.17 bits per heavy atom. The molecule has 0 bridgehead atoms. The van der Waals surface area contributed by atoms with E-state index in [1.54, 1.807) is 30.3 Å². The second kappa shape index (κ2) is 7.06. The van der Waals surface area contributed by atoms with Crippen LogP contribution in [0.5, 0.6) is 0 Å². The van der Waals surface area contributed by atoms with Crippen LogP contribution in [0, 0.1) is 5.82 Å². The molecule has 3 N–H and O–H groups in total. The molecular weight excluding hydrogens is 309 g/mol. The lowest BCUT2D eigenvalue weighted by atomic mass is 10.1. The molecule has 122 valence electrons. The SMILES string of the molecule is O=C(NC[C@@H](O)c1ccccc1)c1cc(-c2ccc(F)cc2)n[nH]1. The number of H-pyrrole nitrogens is 1. The van der Waals surface area contributed by atoms with Crippen molar-refractivity contribution < 1.29 is 14.3 Å². The van der Waals surface area contributed by atoms with Crippen LogP contribution in [0.3, 0.4) is 0 Å². The largest absolute Gasteiger partial charge is 0.387 e. The van der Waals surface area contributed by atoms with Gasteiger partial charge in [0.25, 0.3) is 5.91 Å². The molecule has 0 aliphatic carbocycles. The van der Waals surface area contributed by atoms with Gasteiger partial charge >= 0.3 is 0 Å². The lowest BCUT2D eigenvalue weighted by molar-refractivity contribution is 0.0911. The standard InChI is InChI=1S/C18H16FN3O2/c19-14-8-6-12(7-9-14)15-10-16(22-21-15)18(24)20-11-17(23)13-4-2-1-3-5-13/h1-10,17,23H,11H2,(H,20,24)(H,21,22)/t17-/m1/s1. The maximum absolute atomic E-state index is 12.9. The van der Waals surface area contributed by atoms with Gasteiger partial charge in [-0.25, -0.2) is 4.39 Å². The normalized spacial score (nSPS) is 11.9. The fraction of sp³-hybridized carbons (Fsp3) is 0.111. The van der Waals surface area contributed by atoms with E-state index in [2.05, 4.69) is 15.5 Å². The maximum Gasteiger partial charge on any atom is 0.269 e.